The molecule has 0 spiro atoms. The van der Waals surface area contributed by atoms with Gasteiger partial charge in [0.25, 0.3) is 7.82 Å². The van der Waals surface area contributed by atoms with Crippen molar-refractivity contribution >= 4 is 13.7 Å². The van der Waals surface area contributed by atoms with E-state index in [1.165, 1.54) is 64.2 Å². The molecule has 0 radical (unpaired) electrons. The maximum absolute atomic E-state index is 12.4. The van der Waals surface area contributed by atoms with E-state index in [0.717, 1.165) is 44.9 Å². The van der Waals surface area contributed by atoms with Gasteiger partial charge in [0.2, 0.25) is 5.91 Å². The average molecular weight is 591 g/mol. The molecule has 9 heteroatoms. The van der Waals surface area contributed by atoms with Gasteiger partial charge in [0.1, 0.15) is 13.2 Å². The number of nitrogens with one attached hydrogen (secondary N) is 1. The number of unbranched alkanes of at least 4 members (excludes halogenated alkanes) is 15. The predicted molar refractivity (Wildman–Crippen MR) is 164 cm³/mol. The molecule has 0 bridgehead atoms. The van der Waals surface area contributed by atoms with Crippen molar-refractivity contribution < 1.29 is 32.9 Å². The lowest BCUT2D eigenvalue weighted by Crippen LogP contribution is -2.45. The van der Waals surface area contributed by atoms with Gasteiger partial charge in [-0.1, -0.05) is 116 Å². The number of quaternary nitrogens is 1. The van der Waals surface area contributed by atoms with Crippen LogP contribution in [0.15, 0.2) is 12.2 Å². The lowest BCUT2D eigenvalue weighted by Gasteiger charge is -2.29. The monoisotopic (exact) mass is 590 g/mol. The van der Waals surface area contributed by atoms with E-state index in [9.17, 15) is 19.4 Å². The molecule has 238 valence electrons. The molecular formula is C31H63N2O6P. The van der Waals surface area contributed by atoms with Crippen LogP contribution in [0.25, 0.3) is 0 Å². The molecule has 2 N–H and O–H groups in total. The standard InChI is InChI=1S/C31H63N2O6P/c1-6-8-10-12-13-14-15-16-17-18-19-20-21-22-24-30(34)29(32-31(35)25-23-11-9-7-2)28-39-40(36,37)38-27-26-33(3,4)5/h22,24,29-30,34H,6-21,23,25-28H2,1-5H3,(H-,32,35,36,37)/b24-22+. The molecule has 0 saturated carbocycles. The lowest BCUT2D eigenvalue weighted by atomic mass is 10.0. The molecule has 0 aliphatic rings. The van der Waals surface area contributed by atoms with Crippen molar-refractivity contribution in [1.82, 2.24) is 5.32 Å². The molecule has 1 amide bonds. The van der Waals surface area contributed by atoms with Crippen LogP contribution in [-0.4, -0.2) is 68.5 Å². The van der Waals surface area contributed by atoms with E-state index in [-0.39, 0.29) is 19.1 Å². The summed E-state index contributed by atoms with van der Waals surface area (Å²) >= 11 is 0. The minimum absolute atomic E-state index is 0.000234. The molecule has 40 heavy (non-hydrogen) atoms. The zero-order valence-corrected chi connectivity index (χ0v) is 27.4. The van der Waals surface area contributed by atoms with Crippen molar-refractivity contribution in [2.45, 2.75) is 142 Å². The second-order valence-corrected chi connectivity index (χ2v) is 13.6. The number of rotatable bonds is 28. The number of hydrogen-bond acceptors (Lipinski definition) is 6. The molecule has 8 nitrogen and oxygen atoms in total. The third-order valence-corrected chi connectivity index (χ3v) is 7.96. The first-order chi connectivity index (χ1) is 19.0. The molecule has 0 aliphatic carbocycles. The van der Waals surface area contributed by atoms with Crippen LogP contribution in [0.4, 0.5) is 0 Å². The van der Waals surface area contributed by atoms with Crippen LogP contribution in [0.2, 0.25) is 0 Å². The van der Waals surface area contributed by atoms with Crippen molar-refractivity contribution in [3.63, 3.8) is 0 Å². The van der Waals surface area contributed by atoms with Crippen molar-refractivity contribution in [3.8, 4) is 0 Å². The number of hydrogen-bond donors (Lipinski definition) is 2. The van der Waals surface area contributed by atoms with E-state index in [1.807, 2.05) is 27.2 Å². The largest absolute Gasteiger partial charge is 0.756 e. The first-order valence-corrected chi connectivity index (χ1v) is 17.5. The second kappa shape index (κ2) is 24.8. The van der Waals surface area contributed by atoms with Crippen LogP contribution in [-0.2, 0) is 18.4 Å². The molecule has 0 saturated heterocycles. The van der Waals surface area contributed by atoms with Crippen LogP contribution < -0.4 is 10.2 Å². The first kappa shape index (κ1) is 39.2. The molecular weight excluding hydrogens is 527 g/mol. The highest BCUT2D eigenvalue weighted by Gasteiger charge is 2.23. The highest BCUT2D eigenvalue weighted by Crippen LogP contribution is 2.38. The molecule has 0 aromatic carbocycles. The normalized spacial score (nSPS) is 15.3. The van der Waals surface area contributed by atoms with Gasteiger partial charge in [-0.3, -0.25) is 9.36 Å². The Morgan fingerprint density at radius 2 is 1.35 bits per heavy atom. The zero-order chi connectivity index (χ0) is 30.1. The quantitative estimate of drug-likeness (QED) is 0.0457. The summed E-state index contributed by atoms with van der Waals surface area (Å²) in [7, 11) is 1.26. The number of carbonyl (C=O) groups excluding carboxylic acids is 1. The number of amides is 1. The third-order valence-electron chi connectivity index (χ3n) is 7.00. The van der Waals surface area contributed by atoms with Crippen LogP contribution in [0, 0.1) is 0 Å². The Labute approximate surface area is 246 Å². The Hall–Kier alpha value is -0.760. The summed E-state index contributed by atoms with van der Waals surface area (Å²) in [5, 5.41) is 13.5. The Balaban J connectivity index is 4.48. The number of carbonyl (C=O) groups is 1. The highest BCUT2D eigenvalue weighted by molar-refractivity contribution is 7.45. The number of likely N-dealkylation sites (N-methyl/N-ethyl adjacent to an activating group) is 1. The lowest BCUT2D eigenvalue weighted by molar-refractivity contribution is -0.870. The number of phosphoric acid groups is 1. The van der Waals surface area contributed by atoms with Gasteiger partial charge in [-0.15, -0.1) is 0 Å². The van der Waals surface area contributed by atoms with Gasteiger partial charge in [-0.2, -0.15) is 0 Å². The summed E-state index contributed by atoms with van der Waals surface area (Å²) in [5.74, 6) is -0.218. The Kier molecular flexibility index (Phi) is 24.3. The smallest absolute Gasteiger partial charge is 0.268 e. The van der Waals surface area contributed by atoms with Gasteiger partial charge in [0.05, 0.1) is 39.9 Å². The topological polar surface area (TPSA) is 108 Å². The minimum atomic E-state index is -4.55. The summed E-state index contributed by atoms with van der Waals surface area (Å²) in [6.07, 6.45) is 23.0. The van der Waals surface area contributed by atoms with Crippen molar-refractivity contribution in [2.75, 3.05) is 40.9 Å². The molecule has 0 aromatic rings. The van der Waals surface area contributed by atoms with E-state index >= 15 is 0 Å². The Morgan fingerprint density at radius 1 is 0.850 bits per heavy atom. The summed E-state index contributed by atoms with van der Waals surface area (Å²) in [6.45, 7) is 4.48. The molecule has 0 rings (SSSR count). The summed E-state index contributed by atoms with van der Waals surface area (Å²) in [5.41, 5.74) is 0. The predicted octanol–water partition coefficient (Wildman–Crippen LogP) is 6.66. The van der Waals surface area contributed by atoms with Crippen LogP contribution in [0.3, 0.4) is 0 Å². The number of nitrogens with zero attached hydrogens (tertiary/aromatic N) is 1. The van der Waals surface area contributed by atoms with Gasteiger partial charge >= 0.3 is 0 Å². The van der Waals surface area contributed by atoms with Crippen LogP contribution in [0.1, 0.15) is 129 Å². The van der Waals surface area contributed by atoms with E-state index in [0.29, 0.717) is 17.4 Å². The van der Waals surface area contributed by atoms with Crippen molar-refractivity contribution in [3.05, 3.63) is 12.2 Å². The third kappa shape index (κ3) is 26.2. The molecule has 0 aromatic heterocycles. The highest BCUT2D eigenvalue weighted by atomic mass is 31.2. The van der Waals surface area contributed by atoms with E-state index in [1.54, 1.807) is 6.08 Å². The fraction of sp³-hybridized carbons (Fsp3) is 0.903. The SMILES string of the molecule is CCCCCCCCCCCCCC/C=C/C(O)C(COP(=O)([O-])OCC[N+](C)(C)C)NC(=O)CCCCCC. The number of aliphatic hydroxyl groups is 1. The van der Waals surface area contributed by atoms with Crippen LogP contribution in [0.5, 0.6) is 0 Å². The Bertz CT molecular complexity index is 683. The fourth-order valence-corrected chi connectivity index (χ4v) is 5.05. The summed E-state index contributed by atoms with van der Waals surface area (Å²) in [4.78, 5) is 24.7. The van der Waals surface area contributed by atoms with Crippen molar-refractivity contribution in [1.29, 1.82) is 0 Å². The van der Waals surface area contributed by atoms with Crippen LogP contribution >= 0.6 is 7.82 Å². The fourth-order valence-electron chi connectivity index (χ4n) is 4.33. The number of aliphatic hydroxyl groups excluding tert-OH is 1. The van der Waals surface area contributed by atoms with Gasteiger partial charge in [0.15, 0.2) is 0 Å². The maximum Gasteiger partial charge on any atom is 0.268 e. The van der Waals surface area contributed by atoms with E-state index in [4.69, 9.17) is 9.05 Å². The van der Waals surface area contributed by atoms with E-state index in [2.05, 4.69) is 19.2 Å². The van der Waals surface area contributed by atoms with Gasteiger partial charge < -0.3 is 28.8 Å². The summed E-state index contributed by atoms with van der Waals surface area (Å²) < 4.78 is 22.8. The minimum Gasteiger partial charge on any atom is -0.756 e. The maximum atomic E-state index is 12.4. The molecule has 0 aliphatic heterocycles. The van der Waals surface area contributed by atoms with Crippen molar-refractivity contribution in [2.24, 2.45) is 0 Å². The summed E-state index contributed by atoms with van der Waals surface area (Å²) in [6, 6.07) is -0.874. The first-order valence-electron chi connectivity index (χ1n) is 16.1. The number of phosphoric ester groups is 1. The van der Waals surface area contributed by atoms with Gasteiger partial charge in [-0.05, 0) is 19.3 Å². The Morgan fingerprint density at radius 3 is 1.88 bits per heavy atom. The second-order valence-electron chi connectivity index (χ2n) is 12.2. The molecule has 3 atom stereocenters. The zero-order valence-electron chi connectivity index (χ0n) is 26.5. The molecule has 0 heterocycles. The number of allylic oxidation sites excluding steroid dienone is 1. The van der Waals surface area contributed by atoms with Gasteiger partial charge in [0, 0.05) is 6.42 Å². The van der Waals surface area contributed by atoms with Gasteiger partial charge in [-0.25, -0.2) is 0 Å². The molecule has 0 fully saturated rings. The van der Waals surface area contributed by atoms with E-state index < -0.39 is 20.0 Å². The average Bonchev–Trinajstić information content (AvgIpc) is 2.88. The molecule has 3 unspecified atom stereocenters.